The van der Waals surface area contributed by atoms with Gasteiger partial charge in [0.1, 0.15) is 12.2 Å². The van der Waals surface area contributed by atoms with Crippen molar-refractivity contribution in [3.05, 3.63) is 54.1 Å². The molecule has 29 heavy (non-hydrogen) atoms. The van der Waals surface area contributed by atoms with Crippen LogP contribution in [-0.4, -0.2) is 44.3 Å². The van der Waals surface area contributed by atoms with Crippen molar-refractivity contribution in [3.8, 4) is 17.5 Å². The molecule has 1 aliphatic heterocycles. The maximum absolute atomic E-state index is 13.5. The van der Waals surface area contributed by atoms with Crippen molar-refractivity contribution in [2.75, 3.05) is 23.3 Å². The molecule has 0 spiro atoms. The Labute approximate surface area is 166 Å². The van der Waals surface area contributed by atoms with Crippen molar-refractivity contribution < 1.29 is 9.50 Å². The topological polar surface area (TPSA) is 111 Å². The Morgan fingerprint density at radius 2 is 2.03 bits per heavy atom. The third kappa shape index (κ3) is 4.12. The molecule has 0 bridgehead atoms. The second-order valence-electron chi connectivity index (χ2n) is 6.59. The molecule has 0 aliphatic carbocycles. The highest BCUT2D eigenvalue weighted by Crippen LogP contribution is 2.27. The van der Waals surface area contributed by atoms with E-state index in [1.165, 1.54) is 0 Å². The predicted octanol–water partition coefficient (Wildman–Crippen LogP) is 2.59. The van der Waals surface area contributed by atoms with E-state index in [1.807, 2.05) is 4.90 Å². The average molecular weight is 391 g/mol. The minimum Gasteiger partial charge on any atom is -0.390 e. The van der Waals surface area contributed by atoms with E-state index in [1.54, 1.807) is 42.7 Å². The summed E-state index contributed by atoms with van der Waals surface area (Å²) in [6.07, 6.45) is 2.76. The second-order valence-corrected chi connectivity index (χ2v) is 6.59. The molecular weight excluding hydrogens is 373 g/mol. The molecule has 1 atom stereocenters. The zero-order chi connectivity index (χ0) is 20.2. The van der Waals surface area contributed by atoms with E-state index in [4.69, 9.17) is 5.11 Å². The summed E-state index contributed by atoms with van der Waals surface area (Å²) in [5.74, 6) is 0.352. The summed E-state index contributed by atoms with van der Waals surface area (Å²) in [6.45, 7) is 0.723. The first kappa shape index (κ1) is 18.7. The summed E-state index contributed by atoms with van der Waals surface area (Å²) >= 11 is 0. The Hall–Kier alpha value is -3.64. The molecule has 1 aliphatic rings. The number of aliphatic hydroxyl groups excluding tert-OH is 1. The molecule has 1 fully saturated rings. The second kappa shape index (κ2) is 8.16. The van der Waals surface area contributed by atoms with E-state index in [-0.39, 0.29) is 18.8 Å². The highest BCUT2D eigenvalue weighted by molar-refractivity contribution is 5.65. The van der Waals surface area contributed by atoms with Crippen LogP contribution in [0, 0.1) is 11.3 Å². The molecule has 0 radical (unpaired) electrons. The fourth-order valence-electron chi connectivity index (χ4n) is 3.15. The van der Waals surface area contributed by atoms with Gasteiger partial charge in [-0.05, 0) is 36.8 Å². The number of alkyl halides is 1. The van der Waals surface area contributed by atoms with Crippen LogP contribution in [0.1, 0.15) is 17.8 Å². The predicted molar refractivity (Wildman–Crippen MR) is 105 cm³/mol. The van der Waals surface area contributed by atoms with Crippen molar-refractivity contribution in [1.29, 1.82) is 5.26 Å². The third-order valence-electron chi connectivity index (χ3n) is 4.61. The zero-order valence-corrected chi connectivity index (χ0v) is 15.5. The van der Waals surface area contributed by atoms with Crippen LogP contribution in [0.25, 0.3) is 11.4 Å². The number of hydrogen-bond donors (Lipinski definition) is 2. The number of aromatic nitrogens is 4. The number of anilines is 3. The summed E-state index contributed by atoms with van der Waals surface area (Å²) in [4.78, 5) is 19.0. The molecule has 0 amide bonds. The SMILES string of the molecule is N#Cc1nc(-c2ccnc(Nc3ccc(CO)nc3)n2)ccc1N1CC[C@H](F)C1. The maximum atomic E-state index is 13.5. The summed E-state index contributed by atoms with van der Waals surface area (Å²) in [5, 5.41) is 21.6. The fraction of sp³-hybridized carbons (Fsp3) is 0.250. The number of hydrogen-bond acceptors (Lipinski definition) is 8. The van der Waals surface area contributed by atoms with Gasteiger partial charge in [0, 0.05) is 19.3 Å². The summed E-state index contributed by atoms with van der Waals surface area (Å²) < 4.78 is 13.5. The first-order valence-corrected chi connectivity index (χ1v) is 9.12. The zero-order valence-electron chi connectivity index (χ0n) is 15.5. The molecule has 0 saturated carbocycles. The van der Waals surface area contributed by atoms with Crippen molar-refractivity contribution in [1.82, 2.24) is 19.9 Å². The molecule has 0 aromatic carbocycles. The van der Waals surface area contributed by atoms with Crippen molar-refractivity contribution in [2.45, 2.75) is 19.2 Å². The van der Waals surface area contributed by atoms with Gasteiger partial charge < -0.3 is 15.3 Å². The Morgan fingerprint density at radius 3 is 2.72 bits per heavy atom. The first-order valence-electron chi connectivity index (χ1n) is 9.12. The van der Waals surface area contributed by atoms with Crippen LogP contribution in [0.15, 0.2) is 42.7 Å². The van der Waals surface area contributed by atoms with Crippen LogP contribution in [0.4, 0.5) is 21.7 Å². The Morgan fingerprint density at radius 1 is 1.17 bits per heavy atom. The summed E-state index contributed by atoms with van der Waals surface area (Å²) in [5.41, 5.74) is 3.20. The van der Waals surface area contributed by atoms with Crippen LogP contribution in [0.3, 0.4) is 0 Å². The largest absolute Gasteiger partial charge is 0.390 e. The highest BCUT2D eigenvalue weighted by Gasteiger charge is 2.24. The molecule has 4 rings (SSSR count). The average Bonchev–Trinajstić information content (AvgIpc) is 3.20. The Bertz CT molecular complexity index is 1050. The van der Waals surface area contributed by atoms with Crippen molar-refractivity contribution >= 4 is 17.3 Å². The van der Waals surface area contributed by atoms with Crippen LogP contribution in [0.2, 0.25) is 0 Å². The van der Waals surface area contributed by atoms with Gasteiger partial charge in [0.15, 0.2) is 5.69 Å². The van der Waals surface area contributed by atoms with E-state index in [0.717, 1.165) is 0 Å². The lowest BCUT2D eigenvalue weighted by Gasteiger charge is -2.18. The van der Waals surface area contributed by atoms with Gasteiger partial charge in [-0.2, -0.15) is 5.26 Å². The number of aliphatic hydroxyl groups is 1. The molecular formula is C20H18FN7O. The highest BCUT2D eigenvalue weighted by atomic mass is 19.1. The van der Waals surface area contributed by atoms with Gasteiger partial charge in [-0.25, -0.2) is 19.3 Å². The maximum Gasteiger partial charge on any atom is 0.227 e. The number of halogens is 1. The van der Waals surface area contributed by atoms with Crippen LogP contribution in [0.5, 0.6) is 0 Å². The summed E-state index contributed by atoms with van der Waals surface area (Å²) in [6, 6.07) is 10.8. The normalized spacial score (nSPS) is 15.9. The molecule has 146 valence electrons. The molecule has 9 heteroatoms. The number of nitriles is 1. The number of pyridine rings is 2. The number of nitrogens with one attached hydrogen (secondary N) is 1. The lowest BCUT2D eigenvalue weighted by atomic mass is 10.2. The van der Waals surface area contributed by atoms with E-state index in [9.17, 15) is 9.65 Å². The van der Waals surface area contributed by atoms with Gasteiger partial charge in [0.2, 0.25) is 5.95 Å². The third-order valence-corrected chi connectivity index (χ3v) is 4.61. The minimum absolute atomic E-state index is 0.126. The van der Waals surface area contributed by atoms with Gasteiger partial charge in [0.05, 0.1) is 41.3 Å². The van der Waals surface area contributed by atoms with E-state index >= 15 is 0 Å². The monoisotopic (exact) mass is 391 g/mol. The first-order chi connectivity index (χ1) is 14.2. The quantitative estimate of drug-likeness (QED) is 0.683. The van der Waals surface area contributed by atoms with E-state index in [0.29, 0.717) is 47.4 Å². The molecule has 4 heterocycles. The molecule has 2 N–H and O–H groups in total. The van der Waals surface area contributed by atoms with E-state index in [2.05, 4.69) is 31.3 Å². The fourth-order valence-corrected chi connectivity index (χ4v) is 3.15. The molecule has 3 aromatic heterocycles. The lowest BCUT2D eigenvalue weighted by Crippen LogP contribution is -2.21. The number of nitrogens with zero attached hydrogens (tertiary/aromatic N) is 6. The van der Waals surface area contributed by atoms with Gasteiger partial charge >= 0.3 is 0 Å². The van der Waals surface area contributed by atoms with Crippen LogP contribution < -0.4 is 10.2 Å². The Balaban J connectivity index is 1.58. The van der Waals surface area contributed by atoms with Gasteiger partial charge in [-0.15, -0.1) is 0 Å². The Kier molecular flexibility index (Phi) is 5.27. The summed E-state index contributed by atoms with van der Waals surface area (Å²) in [7, 11) is 0. The van der Waals surface area contributed by atoms with Crippen LogP contribution in [-0.2, 0) is 6.61 Å². The molecule has 1 saturated heterocycles. The van der Waals surface area contributed by atoms with Crippen molar-refractivity contribution in [3.63, 3.8) is 0 Å². The smallest absolute Gasteiger partial charge is 0.227 e. The van der Waals surface area contributed by atoms with Gasteiger partial charge in [-0.1, -0.05) is 0 Å². The van der Waals surface area contributed by atoms with Gasteiger partial charge in [0.25, 0.3) is 0 Å². The standard InChI is InChI=1S/C20H18FN7O/c21-13-6-8-28(11-13)19-4-3-16(26-18(19)9-22)17-5-7-23-20(27-17)25-14-1-2-15(12-29)24-10-14/h1-5,7,10,13,29H,6,8,11-12H2,(H,23,25,27)/t13-/m0/s1. The lowest BCUT2D eigenvalue weighted by molar-refractivity contribution is 0.277. The van der Waals surface area contributed by atoms with Crippen LogP contribution >= 0.6 is 0 Å². The van der Waals surface area contributed by atoms with Gasteiger partial charge in [-0.3, -0.25) is 4.98 Å². The molecule has 3 aromatic rings. The van der Waals surface area contributed by atoms with Crippen molar-refractivity contribution in [2.24, 2.45) is 0 Å². The van der Waals surface area contributed by atoms with E-state index < -0.39 is 6.17 Å². The molecule has 0 unspecified atom stereocenters. The minimum atomic E-state index is -0.877. The molecule has 8 nitrogen and oxygen atoms in total. The number of rotatable bonds is 5.